The number of esters is 1. The molecule has 4 heteroatoms. The summed E-state index contributed by atoms with van der Waals surface area (Å²) in [5, 5.41) is 2.90. The van der Waals surface area contributed by atoms with Crippen molar-refractivity contribution in [3.8, 4) is 0 Å². The van der Waals surface area contributed by atoms with Crippen molar-refractivity contribution in [2.75, 3.05) is 11.9 Å². The van der Waals surface area contributed by atoms with Gasteiger partial charge in [-0.3, -0.25) is 4.79 Å². The van der Waals surface area contributed by atoms with E-state index in [1.807, 2.05) is 55.5 Å². The maximum absolute atomic E-state index is 12.1. The Morgan fingerprint density at radius 1 is 1.04 bits per heavy atom. The van der Waals surface area contributed by atoms with Gasteiger partial charge < -0.3 is 10.1 Å². The minimum Gasteiger partial charge on any atom is -0.458 e. The Kier molecular flexibility index (Phi) is 4.75. The van der Waals surface area contributed by atoms with Crippen LogP contribution in [0, 0.1) is 6.92 Å². The third-order valence-corrected chi connectivity index (χ3v) is 3.88. The predicted molar refractivity (Wildman–Crippen MR) is 92.7 cm³/mol. The summed E-state index contributed by atoms with van der Waals surface area (Å²) in [6.45, 7) is 2.39. The summed E-state index contributed by atoms with van der Waals surface area (Å²) in [4.78, 5) is 23.1. The topological polar surface area (TPSA) is 55.4 Å². The van der Waals surface area contributed by atoms with Gasteiger partial charge in [0.2, 0.25) is 5.91 Å². The summed E-state index contributed by atoms with van der Waals surface area (Å²) in [5.41, 5.74) is 4.99. The molecule has 0 unspecified atom stereocenters. The van der Waals surface area contributed by atoms with E-state index in [4.69, 9.17) is 4.74 Å². The Bertz CT molecular complexity index is 774. The van der Waals surface area contributed by atoms with Crippen molar-refractivity contribution in [1.82, 2.24) is 0 Å². The number of cyclic esters (lactones) is 1. The molecule has 122 valence electrons. The van der Waals surface area contributed by atoms with Crippen molar-refractivity contribution in [2.24, 2.45) is 0 Å². The molecule has 0 radical (unpaired) electrons. The highest BCUT2D eigenvalue weighted by atomic mass is 16.5. The molecule has 1 N–H and O–H groups in total. The van der Waals surface area contributed by atoms with Crippen molar-refractivity contribution >= 4 is 17.6 Å². The number of hydrogen-bond acceptors (Lipinski definition) is 3. The molecule has 1 amide bonds. The molecule has 3 rings (SSSR count). The maximum Gasteiger partial charge on any atom is 0.331 e. The normalized spacial score (nSPS) is 13.4. The summed E-state index contributed by atoms with van der Waals surface area (Å²) in [7, 11) is 0. The fourth-order valence-corrected chi connectivity index (χ4v) is 2.58. The first-order chi connectivity index (χ1) is 11.6. The highest BCUT2D eigenvalue weighted by Crippen LogP contribution is 2.16. The van der Waals surface area contributed by atoms with Gasteiger partial charge in [0.25, 0.3) is 0 Å². The Hall–Kier alpha value is -2.88. The molecule has 2 aromatic carbocycles. The first-order valence-electron chi connectivity index (χ1n) is 7.89. The monoisotopic (exact) mass is 321 g/mol. The molecular weight excluding hydrogens is 302 g/mol. The zero-order chi connectivity index (χ0) is 16.9. The average Bonchev–Trinajstić information content (AvgIpc) is 2.96. The van der Waals surface area contributed by atoms with Crippen molar-refractivity contribution in [3.05, 3.63) is 76.9 Å². The van der Waals surface area contributed by atoms with Gasteiger partial charge in [0.15, 0.2) is 0 Å². The predicted octanol–water partition coefficient (Wildman–Crippen LogP) is 3.20. The van der Waals surface area contributed by atoms with E-state index in [1.54, 1.807) is 0 Å². The van der Waals surface area contributed by atoms with Crippen molar-refractivity contribution in [1.29, 1.82) is 0 Å². The molecule has 0 bridgehead atoms. The van der Waals surface area contributed by atoms with E-state index in [0.29, 0.717) is 19.4 Å². The molecule has 0 saturated carbocycles. The number of carbonyl (C=O) groups is 2. The van der Waals surface area contributed by atoms with Gasteiger partial charge in [-0.1, -0.05) is 42.0 Å². The lowest BCUT2D eigenvalue weighted by molar-refractivity contribution is -0.135. The fraction of sp³-hybridized carbons (Fsp3) is 0.200. The summed E-state index contributed by atoms with van der Waals surface area (Å²) in [6.07, 6.45) is 2.58. The van der Waals surface area contributed by atoms with E-state index < -0.39 is 0 Å². The molecule has 2 aromatic rings. The molecule has 0 aliphatic carbocycles. The van der Waals surface area contributed by atoms with Gasteiger partial charge in [-0.15, -0.1) is 0 Å². The van der Waals surface area contributed by atoms with Crippen molar-refractivity contribution in [3.63, 3.8) is 0 Å². The number of carbonyl (C=O) groups excluding carboxylic acids is 2. The van der Waals surface area contributed by atoms with Crippen LogP contribution < -0.4 is 5.32 Å². The molecule has 4 nitrogen and oxygen atoms in total. The number of amides is 1. The number of ether oxygens (including phenoxy) is 1. The minimum absolute atomic E-state index is 0.0379. The lowest BCUT2D eigenvalue weighted by Crippen LogP contribution is -2.14. The second-order valence-corrected chi connectivity index (χ2v) is 5.99. The summed E-state index contributed by atoms with van der Waals surface area (Å²) in [6, 6.07) is 15.6. The average molecular weight is 321 g/mol. The van der Waals surface area contributed by atoms with Crippen LogP contribution in [0.5, 0.6) is 0 Å². The van der Waals surface area contributed by atoms with Crippen molar-refractivity contribution < 1.29 is 14.3 Å². The maximum atomic E-state index is 12.1. The zero-order valence-electron chi connectivity index (χ0n) is 13.5. The second-order valence-electron chi connectivity index (χ2n) is 5.99. The van der Waals surface area contributed by atoms with Gasteiger partial charge in [0.05, 0.1) is 6.42 Å². The van der Waals surface area contributed by atoms with Gasteiger partial charge in [0, 0.05) is 11.8 Å². The molecule has 1 heterocycles. The molecule has 0 fully saturated rings. The third-order valence-electron chi connectivity index (χ3n) is 3.88. The van der Waals surface area contributed by atoms with Gasteiger partial charge in [0.1, 0.15) is 6.61 Å². The molecule has 1 aliphatic rings. The number of nitrogens with one attached hydrogen (secondary N) is 1. The molecule has 0 spiro atoms. The first-order valence-corrected chi connectivity index (χ1v) is 7.89. The number of benzene rings is 2. The van der Waals surface area contributed by atoms with Gasteiger partial charge in [-0.2, -0.15) is 0 Å². The molecule has 1 aliphatic heterocycles. The van der Waals surface area contributed by atoms with Gasteiger partial charge in [-0.25, -0.2) is 4.79 Å². The molecule has 0 atom stereocenters. The Labute approximate surface area is 141 Å². The van der Waals surface area contributed by atoms with E-state index in [2.05, 4.69) is 5.32 Å². The highest BCUT2D eigenvalue weighted by Gasteiger charge is 2.13. The SMILES string of the molecule is Cc1ccc(CC(=O)Nc2ccc(CC3=CC(=O)OC3)cc2)cc1. The Balaban J connectivity index is 1.55. The summed E-state index contributed by atoms with van der Waals surface area (Å²) in [5.74, 6) is -0.311. The van der Waals surface area contributed by atoms with Crippen molar-refractivity contribution in [2.45, 2.75) is 19.8 Å². The second kappa shape index (κ2) is 7.13. The lowest BCUT2D eigenvalue weighted by Gasteiger charge is -2.07. The number of hydrogen-bond donors (Lipinski definition) is 1. The number of aryl methyl sites for hydroxylation is 1. The first kappa shape index (κ1) is 16.0. The van der Waals surface area contributed by atoms with Crippen LogP contribution >= 0.6 is 0 Å². The summed E-state index contributed by atoms with van der Waals surface area (Å²) >= 11 is 0. The minimum atomic E-state index is -0.273. The molecule has 0 aromatic heterocycles. The van der Waals surface area contributed by atoms with Crippen LogP contribution in [0.15, 0.2) is 60.2 Å². The fourth-order valence-electron chi connectivity index (χ4n) is 2.58. The molecular formula is C20H19NO3. The van der Waals surface area contributed by atoms with E-state index in [1.165, 1.54) is 11.6 Å². The van der Waals surface area contributed by atoms with E-state index in [0.717, 1.165) is 22.4 Å². The lowest BCUT2D eigenvalue weighted by atomic mass is 10.1. The highest BCUT2D eigenvalue weighted by molar-refractivity contribution is 5.92. The smallest absolute Gasteiger partial charge is 0.331 e. The van der Waals surface area contributed by atoms with Crippen LogP contribution in [0.1, 0.15) is 16.7 Å². The summed E-state index contributed by atoms with van der Waals surface area (Å²) < 4.78 is 4.89. The van der Waals surface area contributed by atoms with Gasteiger partial charge in [-0.05, 0) is 42.2 Å². The zero-order valence-corrected chi connectivity index (χ0v) is 13.5. The van der Waals surface area contributed by atoms with Crippen LogP contribution in [-0.2, 0) is 27.2 Å². The Morgan fingerprint density at radius 3 is 2.33 bits per heavy atom. The van der Waals surface area contributed by atoms with E-state index in [9.17, 15) is 9.59 Å². The van der Waals surface area contributed by atoms with Crippen LogP contribution in [0.4, 0.5) is 5.69 Å². The molecule has 24 heavy (non-hydrogen) atoms. The van der Waals surface area contributed by atoms with Crippen LogP contribution in [-0.4, -0.2) is 18.5 Å². The van der Waals surface area contributed by atoms with E-state index >= 15 is 0 Å². The number of anilines is 1. The molecule has 0 saturated heterocycles. The van der Waals surface area contributed by atoms with Crippen LogP contribution in [0.2, 0.25) is 0 Å². The van der Waals surface area contributed by atoms with Gasteiger partial charge >= 0.3 is 5.97 Å². The number of rotatable bonds is 5. The Morgan fingerprint density at radius 2 is 1.71 bits per heavy atom. The quantitative estimate of drug-likeness (QED) is 0.861. The third kappa shape index (κ3) is 4.32. The van der Waals surface area contributed by atoms with E-state index in [-0.39, 0.29) is 11.9 Å². The standard InChI is InChI=1S/C20H19NO3/c1-14-2-4-16(5-3-14)11-19(22)21-18-8-6-15(7-9-18)10-17-12-20(23)24-13-17/h2-9,12H,10-11,13H2,1H3,(H,21,22). The largest absolute Gasteiger partial charge is 0.458 e. The van der Waals surface area contributed by atoms with Crippen LogP contribution in [0.25, 0.3) is 0 Å². The van der Waals surface area contributed by atoms with Crippen LogP contribution in [0.3, 0.4) is 0 Å².